The molecule has 0 spiro atoms. The Hall–Kier alpha value is -5.50. The molecule has 1 aromatic heterocycles. The SMILES string of the molecule is C=C/C(=C\C)P(=O)(c1ccccc1)c1ccccc1.O=C(c1c(O)c2c(ccc3ccccc32)oc1=O)C(F)(F)F.O=P(c1ccccc1)(c1ccccc1)c1ccccc1.[Tb]. The van der Waals surface area contributed by atoms with E-state index < -0.39 is 43.2 Å². The molecule has 0 aliphatic heterocycles. The fourth-order valence-electron chi connectivity index (χ4n) is 6.81. The summed E-state index contributed by atoms with van der Waals surface area (Å²) < 4.78 is 69.9. The Labute approximate surface area is 387 Å². The molecule has 0 aliphatic rings. The summed E-state index contributed by atoms with van der Waals surface area (Å²) in [4.78, 5) is 23.0. The van der Waals surface area contributed by atoms with Crippen molar-refractivity contribution in [2.45, 2.75) is 13.1 Å². The van der Waals surface area contributed by atoms with E-state index >= 15 is 0 Å². The van der Waals surface area contributed by atoms with Crippen LogP contribution in [0.15, 0.2) is 221 Å². The fraction of sp³-hybridized carbons (Fsp3) is 0.0400. The van der Waals surface area contributed by atoms with Gasteiger partial charge in [0.15, 0.2) is 19.8 Å². The van der Waals surface area contributed by atoms with Gasteiger partial charge in [0, 0.05) is 70.4 Å². The maximum Gasteiger partial charge on any atom is 0.455 e. The van der Waals surface area contributed by atoms with Crippen LogP contribution in [0.4, 0.5) is 13.2 Å². The molecule has 0 atom stereocenters. The predicted molar refractivity (Wildman–Crippen MR) is 242 cm³/mol. The average molecular weight is 1010 g/mol. The number of allylic oxidation sites excluding steroid dienone is 3. The number of halogens is 3. The number of hydrogen-bond donors (Lipinski definition) is 1. The zero-order chi connectivity index (χ0) is 43.6. The molecule has 315 valence electrons. The first kappa shape index (κ1) is 47.5. The van der Waals surface area contributed by atoms with Crippen molar-refractivity contribution in [3.63, 3.8) is 0 Å². The van der Waals surface area contributed by atoms with Gasteiger partial charge in [-0.3, -0.25) is 4.79 Å². The van der Waals surface area contributed by atoms with E-state index in [1.165, 1.54) is 6.07 Å². The van der Waals surface area contributed by atoms with Crippen LogP contribution in [0.25, 0.3) is 21.7 Å². The number of alkyl halides is 3. The quantitative estimate of drug-likeness (QED) is 0.0535. The van der Waals surface area contributed by atoms with Crippen LogP contribution in [0.5, 0.6) is 5.75 Å². The monoisotopic (exact) mass is 1010 g/mol. The second-order valence-electron chi connectivity index (χ2n) is 13.4. The van der Waals surface area contributed by atoms with Gasteiger partial charge in [-0.25, -0.2) is 4.79 Å². The van der Waals surface area contributed by atoms with Crippen LogP contribution < -0.4 is 32.1 Å². The van der Waals surface area contributed by atoms with Gasteiger partial charge in [-0.1, -0.05) is 201 Å². The number of hydrogen-bond acceptors (Lipinski definition) is 6. The Kier molecular flexibility index (Phi) is 16.1. The molecular weight excluding hydrogens is 974 g/mol. The Bertz CT molecular complexity index is 2830. The molecule has 12 heteroatoms. The molecule has 1 heterocycles. The molecule has 7 aromatic carbocycles. The van der Waals surface area contributed by atoms with E-state index in [9.17, 15) is 37.0 Å². The number of rotatable bonds is 8. The molecule has 6 nitrogen and oxygen atoms in total. The van der Waals surface area contributed by atoms with Crippen LogP contribution in [-0.2, 0) is 9.13 Å². The number of ketones is 1. The van der Waals surface area contributed by atoms with Crippen LogP contribution in [0.2, 0.25) is 0 Å². The van der Waals surface area contributed by atoms with E-state index in [1.807, 2.05) is 165 Å². The predicted octanol–water partition coefficient (Wildman–Crippen LogP) is 10.8. The molecule has 8 rings (SSSR count). The molecule has 1 radical (unpaired) electrons. The van der Waals surface area contributed by atoms with E-state index in [1.54, 1.807) is 36.4 Å². The second-order valence-corrected chi connectivity index (χ2v) is 18.9. The summed E-state index contributed by atoms with van der Waals surface area (Å²) in [7, 11) is -5.57. The number of carbonyl (C=O) groups is 1. The van der Waals surface area contributed by atoms with Crippen molar-refractivity contribution in [2.75, 3.05) is 0 Å². The van der Waals surface area contributed by atoms with Crippen LogP contribution in [0, 0.1) is 38.6 Å². The zero-order valence-corrected chi connectivity index (χ0v) is 37.0. The molecule has 0 saturated carbocycles. The van der Waals surface area contributed by atoms with Crippen LogP contribution in [0.3, 0.4) is 0 Å². The number of fused-ring (bicyclic) bond motifs is 3. The molecule has 62 heavy (non-hydrogen) atoms. The van der Waals surface area contributed by atoms with Gasteiger partial charge < -0.3 is 18.7 Å². The van der Waals surface area contributed by atoms with Gasteiger partial charge >= 0.3 is 11.8 Å². The van der Waals surface area contributed by atoms with E-state index in [0.29, 0.717) is 10.8 Å². The second kappa shape index (κ2) is 21.0. The minimum Gasteiger partial charge on any atom is -0.506 e. The molecule has 0 amide bonds. The van der Waals surface area contributed by atoms with Crippen molar-refractivity contribution >= 4 is 68.3 Å². The Morgan fingerprint density at radius 2 is 1.00 bits per heavy atom. The van der Waals surface area contributed by atoms with Crippen molar-refractivity contribution < 1.29 is 75.2 Å². The number of carbonyl (C=O) groups excluding carboxylic acids is 1. The summed E-state index contributed by atoms with van der Waals surface area (Å²) in [5.74, 6) is -3.46. The molecule has 0 unspecified atom stereocenters. The smallest absolute Gasteiger partial charge is 0.455 e. The van der Waals surface area contributed by atoms with Gasteiger partial charge in [0.25, 0.3) is 5.78 Å². The molecular formula is C50H39F3O6P2Tb. The van der Waals surface area contributed by atoms with Gasteiger partial charge in [-0.05, 0) is 23.8 Å². The summed E-state index contributed by atoms with van der Waals surface area (Å²) in [6.45, 7) is 5.71. The average Bonchev–Trinajstić information content (AvgIpc) is 3.30. The molecule has 8 aromatic rings. The summed E-state index contributed by atoms with van der Waals surface area (Å²) in [5, 5.41) is 16.0. The fourth-order valence-corrected chi connectivity index (χ4v) is 12.2. The van der Waals surface area contributed by atoms with Crippen LogP contribution in [-0.4, -0.2) is 17.1 Å². The zero-order valence-electron chi connectivity index (χ0n) is 33.1. The normalized spacial score (nSPS) is 11.6. The molecule has 0 aliphatic carbocycles. The van der Waals surface area contributed by atoms with Crippen molar-refractivity contribution in [1.82, 2.24) is 0 Å². The molecule has 0 bridgehead atoms. The first-order valence-corrected chi connectivity index (χ1v) is 22.3. The van der Waals surface area contributed by atoms with Gasteiger partial charge in [-0.2, -0.15) is 13.2 Å². The van der Waals surface area contributed by atoms with Gasteiger partial charge in [0.1, 0.15) is 11.3 Å². The maximum atomic E-state index is 13.8. The minimum atomic E-state index is -5.29. The first-order chi connectivity index (χ1) is 29.3. The largest absolute Gasteiger partial charge is 0.506 e. The topological polar surface area (TPSA) is 102 Å². The van der Waals surface area contributed by atoms with Crippen molar-refractivity contribution in [3.05, 3.63) is 228 Å². The number of Topliss-reactive ketones (excluding diaryl/α,β-unsaturated/α-hetero) is 1. The van der Waals surface area contributed by atoms with Crippen LogP contribution in [0.1, 0.15) is 17.3 Å². The van der Waals surface area contributed by atoms with Crippen LogP contribution >= 0.6 is 14.3 Å². The van der Waals surface area contributed by atoms with Crippen molar-refractivity contribution in [1.29, 1.82) is 0 Å². The third-order valence-corrected chi connectivity index (χ3v) is 16.0. The van der Waals surface area contributed by atoms with E-state index in [0.717, 1.165) is 31.8 Å². The Balaban J connectivity index is 0.000000175. The van der Waals surface area contributed by atoms with E-state index in [2.05, 4.69) is 6.58 Å². The van der Waals surface area contributed by atoms with E-state index in [-0.39, 0.29) is 49.6 Å². The number of aromatic hydroxyl groups is 1. The first-order valence-electron chi connectivity index (χ1n) is 18.9. The summed E-state index contributed by atoms with van der Waals surface area (Å²) in [6.07, 6.45) is -1.71. The molecule has 1 N–H and O–H groups in total. The summed E-state index contributed by atoms with van der Waals surface area (Å²) in [6, 6.07) is 57.8. The summed E-state index contributed by atoms with van der Waals surface area (Å²) >= 11 is 0. The van der Waals surface area contributed by atoms with Gasteiger partial charge in [0.05, 0.1) is 5.39 Å². The van der Waals surface area contributed by atoms with Gasteiger partial charge in [0.2, 0.25) is 0 Å². The number of benzene rings is 7. The molecule has 0 saturated heterocycles. The Morgan fingerprint density at radius 3 is 1.39 bits per heavy atom. The maximum absolute atomic E-state index is 13.8. The van der Waals surface area contributed by atoms with Crippen molar-refractivity contribution in [3.8, 4) is 5.75 Å². The third-order valence-electron chi connectivity index (χ3n) is 9.72. The summed E-state index contributed by atoms with van der Waals surface area (Å²) in [5.41, 5.74) is -3.03. The third kappa shape index (κ3) is 10.1. The van der Waals surface area contributed by atoms with Gasteiger partial charge in [-0.15, -0.1) is 0 Å². The van der Waals surface area contributed by atoms with Crippen molar-refractivity contribution in [2.24, 2.45) is 0 Å². The standard InChI is InChI=1S/C18H15OP.C17H17OP.C15H7F3O4.Tb/c19-20(16-10-4-1-5-11-16,17-12-6-2-7-13-17)18-14-8-3-9-15-18;1-3-15(4-2)19(18,16-11-7-5-8-12-16)17-13-9-6-10-14-17;16-15(17,18)13(20)11-12(19)10-8-4-2-1-3-7(8)5-6-9(10)22-14(11)21;/h1-15H;3-14H,1H2,2H3;1-6,19H;/b;15-4+;;. The minimum absolute atomic E-state index is 0. The Morgan fingerprint density at radius 1 is 0.613 bits per heavy atom. The van der Waals surface area contributed by atoms with E-state index in [4.69, 9.17) is 4.42 Å². The molecule has 0 fully saturated rings.